The van der Waals surface area contributed by atoms with Crippen molar-refractivity contribution in [2.75, 3.05) is 13.1 Å². The quantitative estimate of drug-likeness (QED) is 0.692. The molecule has 4 heteroatoms. The Labute approximate surface area is 92.2 Å². The molecule has 0 N–H and O–H groups in total. The number of hydrazone groups is 1. The Balaban J connectivity index is 2.51. The molecule has 0 aromatic heterocycles. The van der Waals surface area contributed by atoms with Crippen molar-refractivity contribution in [1.82, 2.24) is 9.91 Å². The van der Waals surface area contributed by atoms with Crippen LogP contribution in [0.2, 0.25) is 0 Å². The van der Waals surface area contributed by atoms with Crippen LogP contribution in [-0.2, 0) is 0 Å². The molecule has 0 aromatic rings. The maximum Gasteiger partial charge on any atom is 0.207 e. The first-order chi connectivity index (χ1) is 7.19. The van der Waals surface area contributed by atoms with E-state index in [-0.39, 0.29) is 6.17 Å². The zero-order valence-corrected chi connectivity index (χ0v) is 9.85. The minimum absolute atomic E-state index is 0.195. The summed E-state index contributed by atoms with van der Waals surface area (Å²) in [6.45, 7) is 8.21. The van der Waals surface area contributed by atoms with Crippen molar-refractivity contribution in [3.63, 3.8) is 0 Å². The monoisotopic (exact) mass is 208 g/mol. The predicted molar refractivity (Wildman–Crippen MR) is 61.1 cm³/mol. The molecular weight excluding hydrogens is 188 g/mol. The molecule has 0 fully saturated rings. The summed E-state index contributed by atoms with van der Waals surface area (Å²) < 4.78 is 0. The van der Waals surface area contributed by atoms with Crippen LogP contribution in [0.1, 0.15) is 33.6 Å². The zero-order valence-electron chi connectivity index (χ0n) is 9.85. The Morgan fingerprint density at radius 3 is 2.80 bits per heavy atom. The van der Waals surface area contributed by atoms with Crippen LogP contribution in [0.4, 0.5) is 0 Å². The van der Waals surface area contributed by atoms with E-state index >= 15 is 0 Å². The molecule has 1 heterocycles. The van der Waals surface area contributed by atoms with Gasteiger partial charge < -0.3 is 4.90 Å². The SMILES string of the molecule is CCCCN1N=CN(CC(C)C)C1C#N. The third-order valence-corrected chi connectivity index (χ3v) is 2.38. The van der Waals surface area contributed by atoms with E-state index in [1.165, 1.54) is 0 Å². The first-order valence-corrected chi connectivity index (χ1v) is 5.65. The first-order valence-electron chi connectivity index (χ1n) is 5.65. The van der Waals surface area contributed by atoms with Crippen LogP contribution in [0.3, 0.4) is 0 Å². The summed E-state index contributed by atoms with van der Waals surface area (Å²) in [5.41, 5.74) is 0. The van der Waals surface area contributed by atoms with Crippen molar-refractivity contribution >= 4 is 6.34 Å². The average Bonchev–Trinajstić information content (AvgIpc) is 2.56. The molecule has 0 aromatic carbocycles. The first kappa shape index (κ1) is 11.8. The van der Waals surface area contributed by atoms with Crippen molar-refractivity contribution in [3.8, 4) is 6.07 Å². The van der Waals surface area contributed by atoms with E-state index in [2.05, 4.69) is 31.9 Å². The van der Waals surface area contributed by atoms with Crippen LogP contribution in [0.25, 0.3) is 0 Å². The fraction of sp³-hybridized carbons (Fsp3) is 0.818. The molecule has 0 spiro atoms. The van der Waals surface area contributed by atoms with Gasteiger partial charge in [-0.15, -0.1) is 0 Å². The molecule has 0 bridgehead atoms. The van der Waals surface area contributed by atoms with Gasteiger partial charge in [-0.25, -0.2) is 0 Å². The number of hydrogen-bond donors (Lipinski definition) is 0. The number of nitrogens with zero attached hydrogens (tertiary/aromatic N) is 4. The molecule has 84 valence electrons. The summed E-state index contributed by atoms with van der Waals surface area (Å²) in [6.07, 6.45) is 3.82. The van der Waals surface area contributed by atoms with Gasteiger partial charge in [-0.05, 0) is 12.3 Å². The Kier molecular flexibility index (Phi) is 4.41. The van der Waals surface area contributed by atoms with Gasteiger partial charge in [0.2, 0.25) is 6.17 Å². The van der Waals surface area contributed by atoms with Gasteiger partial charge >= 0.3 is 0 Å². The van der Waals surface area contributed by atoms with E-state index in [1.807, 2.05) is 9.91 Å². The van der Waals surface area contributed by atoms with E-state index in [0.717, 1.165) is 25.9 Å². The fourth-order valence-corrected chi connectivity index (χ4v) is 1.64. The van der Waals surface area contributed by atoms with Crippen molar-refractivity contribution in [2.45, 2.75) is 39.8 Å². The van der Waals surface area contributed by atoms with Gasteiger partial charge in [0.25, 0.3) is 0 Å². The lowest BCUT2D eigenvalue weighted by Gasteiger charge is -2.26. The lowest BCUT2D eigenvalue weighted by atomic mass is 10.2. The number of unbranched alkanes of at least 4 members (excludes halogenated alkanes) is 1. The third kappa shape index (κ3) is 3.12. The van der Waals surface area contributed by atoms with Crippen molar-refractivity contribution < 1.29 is 0 Å². The largest absolute Gasteiger partial charge is 0.327 e. The van der Waals surface area contributed by atoms with Crippen molar-refractivity contribution in [3.05, 3.63) is 0 Å². The summed E-state index contributed by atoms with van der Waals surface area (Å²) in [4.78, 5) is 2.01. The standard InChI is InChI=1S/C11H20N4/c1-4-5-6-15-11(7-12)14(9-13-15)8-10(2)3/h9-11H,4-6,8H2,1-3H3. The van der Waals surface area contributed by atoms with Crippen molar-refractivity contribution in [1.29, 1.82) is 5.26 Å². The van der Waals surface area contributed by atoms with E-state index in [0.29, 0.717) is 5.92 Å². The molecule has 1 aliphatic rings. The molecule has 0 saturated carbocycles. The van der Waals surface area contributed by atoms with Gasteiger partial charge in [-0.2, -0.15) is 10.4 Å². The summed E-state index contributed by atoms with van der Waals surface area (Å²) in [5.74, 6) is 0.554. The Morgan fingerprint density at radius 1 is 1.53 bits per heavy atom. The van der Waals surface area contributed by atoms with Gasteiger partial charge in [0, 0.05) is 13.1 Å². The Hall–Kier alpha value is -1.24. The molecule has 1 unspecified atom stereocenters. The molecule has 1 atom stereocenters. The van der Waals surface area contributed by atoms with E-state index in [1.54, 1.807) is 6.34 Å². The highest BCUT2D eigenvalue weighted by Crippen LogP contribution is 2.14. The minimum atomic E-state index is -0.195. The summed E-state index contributed by atoms with van der Waals surface area (Å²) in [7, 11) is 0. The van der Waals surface area contributed by atoms with Crippen LogP contribution in [0.5, 0.6) is 0 Å². The maximum atomic E-state index is 9.11. The minimum Gasteiger partial charge on any atom is -0.327 e. The Bertz CT molecular complexity index is 254. The lowest BCUT2D eigenvalue weighted by Crippen LogP contribution is -2.40. The Morgan fingerprint density at radius 2 is 2.27 bits per heavy atom. The van der Waals surface area contributed by atoms with E-state index < -0.39 is 0 Å². The highest BCUT2D eigenvalue weighted by atomic mass is 15.6. The predicted octanol–water partition coefficient (Wildman–Crippen LogP) is 1.85. The average molecular weight is 208 g/mol. The van der Waals surface area contributed by atoms with Crippen LogP contribution in [0.15, 0.2) is 5.10 Å². The van der Waals surface area contributed by atoms with Crippen LogP contribution < -0.4 is 0 Å². The van der Waals surface area contributed by atoms with Gasteiger partial charge in [-0.3, -0.25) is 5.01 Å². The molecule has 0 aliphatic carbocycles. The molecule has 1 rings (SSSR count). The van der Waals surface area contributed by atoms with Gasteiger partial charge in [0.1, 0.15) is 12.4 Å². The molecular formula is C11H20N4. The van der Waals surface area contributed by atoms with Gasteiger partial charge in [0.05, 0.1) is 0 Å². The fourth-order valence-electron chi connectivity index (χ4n) is 1.64. The molecule has 15 heavy (non-hydrogen) atoms. The number of nitriles is 1. The normalized spacial score (nSPS) is 20.1. The highest BCUT2D eigenvalue weighted by molar-refractivity contribution is 5.58. The van der Waals surface area contributed by atoms with E-state index in [9.17, 15) is 0 Å². The smallest absolute Gasteiger partial charge is 0.207 e. The topological polar surface area (TPSA) is 42.6 Å². The van der Waals surface area contributed by atoms with Crippen LogP contribution in [-0.4, -0.2) is 35.5 Å². The second kappa shape index (κ2) is 5.59. The van der Waals surface area contributed by atoms with Crippen molar-refractivity contribution in [2.24, 2.45) is 11.0 Å². The molecule has 4 nitrogen and oxygen atoms in total. The second-order valence-corrected chi connectivity index (χ2v) is 4.34. The number of rotatable bonds is 5. The summed E-state index contributed by atoms with van der Waals surface area (Å²) in [6, 6.07) is 2.31. The highest BCUT2D eigenvalue weighted by Gasteiger charge is 2.27. The number of hydrogen-bond acceptors (Lipinski definition) is 4. The van der Waals surface area contributed by atoms with Crippen LogP contribution >= 0.6 is 0 Å². The lowest BCUT2D eigenvalue weighted by molar-refractivity contribution is 0.166. The third-order valence-electron chi connectivity index (χ3n) is 2.38. The maximum absolute atomic E-state index is 9.11. The molecule has 0 radical (unpaired) electrons. The second-order valence-electron chi connectivity index (χ2n) is 4.34. The van der Waals surface area contributed by atoms with E-state index in [4.69, 9.17) is 5.26 Å². The van der Waals surface area contributed by atoms with Gasteiger partial charge in [-0.1, -0.05) is 27.2 Å². The molecule has 0 saturated heterocycles. The summed E-state index contributed by atoms with van der Waals surface area (Å²) >= 11 is 0. The summed E-state index contributed by atoms with van der Waals surface area (Å²) in [5, 5.41) is 15.3. The van der Waals surface area contributed by atoms with Gasteiger partial charge in [0.15, 0.2) is 0 Å². The zero-order chi connectivity index (χ0) is 11.3. The molecule has 0 amide bonds. The molecule has 1 aliphatic heterocycles. The van der Waals surface area contributed by atoms with Crippen LogP contribution in [0, 0.1) is 17.2 Å².